The van der Waals surface area contributed by atoms with E-state index in [1.165, 1.54) is 44.9 Å². The van der Waals surface area contributed by atoms with Crippen molar-refractivity contribution in [2.45, 2.75) is 65.2 Å². The van der Waals surface area contributed by atoms with Gasteiger partial charge in [-0.3, -0.25) is 4.79 Å². The number of hydrogen-bond donors (Lipinski definition) is 3. The van der Waals surface area contributed by atoms with E-state index in [0.717, 1.165) is 59.8 Å². The Balaban J connectivity index is 1.19. The molecule has 1 atom stereocenters. The Hall–Kier alpha value is -2.14. The van der Waals surface area contributed by atoms with Crippen LogP contribution in [0.15, 0.2) is 30.3 Å². The summed E-state index contributed by atoms with van der Waals surface area (Å²) in [5, 5.41) is 11.2. The average Bonchev–Trinajstić information content (AvgIpc) is 2.77. The summed E-state index contributed by atoms with van der Waals surface area (Å²) < 4.78 is 0. The average molecular weight is 449 g/mol. The highest BCUT2D eigenvalue weighted by atomic mass is 16.1. The molecule has 5 heteroatoms. The zero-order chi connectivity index (χ0) is 22.8. The summed E-state index contributed by atoms with van der Waals surface area (Å²) in [4.78, 5) is 17.9. The van der Waals surface area contributed by atoms with E-state index in [2.05, 4.69) is 35.9 Å². The van der Waals surface area contributed by atoms with Crippen LogP contribution in [0.3, 0.4) is 0 Å². The number of aromatic nitrogens is 1. The molecule has 4 aliphatic rings. The molecule has 0 radical (unpaired) electrons. The molecule has 5 nitrogen and oxygen atoms in total. The zero-order valence-corrected chi connectivity index (χ0v) is 20.3. The number of hydrogen-bond acceptors (Lipinski definition) is 4. The lowest BCUT2D eigenvalue weighted by Gasteiger charge is -2.56. The zero-order valence-electron chi connectivity index (χ0n) is 20.3. The molecule has 0 saturated heterocycles. The molecule has 4 fully saturated rings. The third-order valence-electron chi connectivity index (χ3n) is 8.50. The number of benzene rings is 1. The number of nitrogens with zero attached hydrogens (tertiary/aromatic N) is 1. The van der Waals surface area contributed by atoms with Crippen LogP contribution >= 0.6 is 0 Å². The minimum absolute atomic E-state index is 0.180. The van der Waals surface area contributed by atoms with Crippen LogP contribution < -0.4 is 16.0 Å². The van der Waals surface area contributed by atoms with Crippen LogP contribution in [0, 0.1) is 29.1 Å². The topological polar surface area (TPSA) is 66.0 Å². The molecule has 33 heavy (non-hydrogen) atoms. The molecule has 1 heterocycles. The van der Waals surface area contributed by atoms with Gasteiger partial charge in [-0.2, -0.15) is 0 Å². The molecule has 4 bridgehead atoms. The van der Waals surface area contributed by atoms with E-state index < -0.39 is 0 Å². The first-order valence-electron chi connectivity index (χ1n) is 13.2. The fraction of sp³-hybridized carbons (Fsp3) is 0.643. The Bertz CT molecular complexity index is 952. The molecule has 0 spiro atoms. The van der Waals surface area contributed by atoms with Crippen LogP contribution in [0.1, 0.15) is 65.2 Å². The first-order valence-corrected chi connectivity index (χ1v) is 13.2. The van der Waals surface area contributed by atoms with Gasteiger partial charge in [-0.25, -0.2) is 4.98 Å². The first-order chi connectivity index (χ1) is 16.0. The number of rotatable bonds is 10. The van der Waals surface area contributed by atoms with Gasteiger partial charge in [0.15, 0.2) is 0 Å². The SMILES string of the molecule is CCC(C)CNCCNc1ccc2c(NC(=O)CC34CC5CC(CC(C5)C3)C4)cccc2n1. The molecule has 1 aromatic heterocycles. The van der Waals surface area contributed by atoms with Gasteiger partial charge in [0.1, 0.15) is 5.82 Å². The number of carbonyl (C=O) groups is 1. The smallest absolute Gasteiger partial charge is 0.224 e. The van der Waals surface area contributed by atoms with Gasteiger partial charge in [0.2, 0.25) is 5.91 Å². The maximum absolute atomic E-state index is 13.1. The third kappa shape index (κ3) is 5.18. The molecule has 3 N–H and O–H groups in total. The van der Waals surface area contributed by atoms with Crippen molar-refractivity contribution in [3.05, 3.63) is 30.3 Å². The lowest BCUT2D eigenvalue weighted by Crippen LogP contribution is -2.47. The van der Waals surface area contributed by atoms with Gasteiger partial charge in [-0.05, 0) is 98.4 Å². The summed E-state index contributed by atoms with van der Waals surface area (Å²) in [7, 11) is 0. The Labute approximate surface area is 198 Å². The maximum Gasteiger partial charge on any atom is 0.224 e. The second-order valence-electron chi connectivity index (χ2n) is 11.4. The highest BCUT2D eigenvalue weighted by Crippen LogP contribution is 2.61. The summed E-state index contributed by atoms with van der Waals surface area (Å²) in [5.74, 6) is 4.40. The van der Waals surface area contributed by atoms with Gasteiger partial charge in [0, 0.05) is 24.9 Å². The van der Waals surface area contributed by atoms with Crippen LogP contribution in [0.2, 0.25) is 0 Å². The largest absolute Gasteiger partial charge is 0.369 e. The fourth-order valence-corrected chi connectivity index (χ4v) is 7.18. The van der Waals surface area contributed by atoms with Gasteiger partial charge in [-0.1, -0.05) is 26.3 Å². The van der Waals surface area contributed by atoms with E-state index in [9.17, 15) is 4.79 Å². The van der Waals surface area contributed by atoms with Gasteiger partial charge < -0.3 is 16.0 Å². The van der Waals surface area contributed by atoms with Crippen molar-refractivity contribution in [1.29, 1.82) is 0 Å². The van der Waals surface area contributed by atoms with E-state index in [4.69, 9.17) is 4.98 Å². The van der Waals surface area contributed by atoms with Crippen molar-refractivity contribution < 1.29 is 4.79 Å². The van der Waals surface area contributed by atoms with Crippen molar-refractivity contribution in [2.75, 3.05) is 30.3 Å². The predicted molar refractivity (Wildman–Crippen MR) is 136 cm³/mol. The normalized spacial score (nSPS) is 28.7. The Morgan fingerprint density at radius 1 is 1.06 bits per heavy atom. The third-order valence-corrected chi connectivity index (χ3v) is 8.50. The lowest BCUT2D eigenvalue weighted by molar-refractivity contribution is -0.124. The number of fused-ring (bicyclic) bond motifs is 1. The van der Waals surface area contributed by atoms with Gasteiger partial charge in [0.05, 0.1) is 11.2 Å². The quantitative estimate of drug-likeness (QED) is 0.400. The van der Waals surface area contributed by atoms with E-state index in [0.29, 0.717) is 12.3 Å². The number of anilines is 2. The number of carbonyl (C=O) groups excluding carboxylic acids is 1. The Kier molecular flexibility index (Phi) is 6.60. The molecule has 178 valence electrons. The Morgan fingerprint density at radius 3 is 2.48 bits per heavy atom. The van der Waals surface area contributed by atoms with Crippen LogP contribution in [0.5, 0.6) is 0 Å². The van der Waals surface area contributed by atoms with E-state index in [-0.39, 0.29) is 11.3 Å². The van der Waals surface area contributed by atoms with Gasteiger partial charge in [-0.15, -0.1) is 0 Å². The maximum atomic E-state index is 13.1. The highest BCUT2D eigenvalue weighted by molar-refractivity contribution is 6.01. The van der Waals surface area contributed by atoms with E-state index in [1.807, 2.05) is 24.3 Å². The Morgan fingerprint density at radius 2 is 1.79 bits per heavy atom. The molecule has 1 aromatic carbocycles. The second-order valence-corrected chi connectivity index (χ2v) is 11.4. The number of amides is 1. The fourth-order valence-electron chi connectivity index (χ4n) is 7.18. The summed E-state index contributed by atoms with van der Waals surface area (Å²) in [6.07, 6.45) is 9.94. The van der Waals surface area contributed by atoms with Crippen LogP contribution in [0.25, 0.3) is 10.9 Å². The van der Waals surface area contributed by atoms with Crippen LogP contribution in [-0.2, 0) is 4.79 Å². The molecule has 4 saturated carbocycles. The van der Waals surface area contributed by atoms with Crippen LogP contribution in [0.4, 0.5) is 11.5 Å². The summed E-state index contributed by atoms with van der Waals surface area (Å²) in [6.45, 7) is 7.31. The molecule has 0 aliphatic heterocycles. The standard InChI is InChI=1S/C28H40N4O/c1-3-19(2)18-29-9-10-30-26-8-7-23-24(31-26)5-4-6-25(23)32-27(33)17-28-14-20-11-21(15-28)13-22(12-20)16-28/h4-8,19-22,29H,3,9-18H2,1-2H3,(H,30,31)(H,32,33). The first kappa shape index (κ1) is 22.6. The minimum atomic E-state index is 0.180. The monoisotopic (exact) mass is 448 g/mol. The molecule has 2 aromatic rings. The molecule has 1 amide bonds. The number of nitrogens with one attached hydrogen (secondary N) is 3. The lowest BCUT2D eigenvalue weighted by atomic mass is 9.49. The van der Waals surface area contributed by atoms with Crippen molar-refractivity contribution in [3.8, 4) is 0 Å². The predicted octanol–water partition coefficient (Wildman–Crippen LogP) is 5.83. The molecular weight excluding hydrogens is 408 g/mol. The molecular formula is C28H40N4O. The van der Waals surface area contributed by atoms with Crippen molar-refractivity contribution >= 4 is 28.3 Å². The van der Waals surface area contributed by atoms with E-state index >= 15 is 0 Å². The highest BCUT2D eigenvalue weighted by Gasteiger charge is 2.51. The van der Waals surface area contributed by atoms with Crippen molar-refractivity contribution in [1.82, 2.24) is 10.3 Å². The minimum Gasteiger partial charge on any atom is -0.369 e. The summed E-state index contributed by atoms with van der Waals surface area (Å²) in [5.41, 5.74) is 2.07. The second kappa shape index (κ2) is 9.61. The van der Waals surface area contributed by atoms with Gasteiger partial charge in [0.25, 0.3) is 0 Å². The van der Waals surface area contributed by atoms with E-state index in [1.54, 1.807) is 0 Å². The van der Waals surface area contributed by atoms with Gasteiger partial charge >= 0.3 is 0 Å². The summed E-state index contributed by atoms with van der Waals surface area (Å²) >= 11 is 0. The molecule has 4 aliphatic carbocycles. The molecule has 1 unspecified atom stereocenters. The summed E-state index contributed by atoms with van der Waals surface area (Å²) in [6, 6.07) is 10.1. The number of pyridine rings is 1. The molecule has 6 rings (SSSR count). The van der Waals surface area contributed by atoms with Crippen molar-refractivity contribution in [2.24, 2.45) is 29.1 Å². The van der Waals surface area contributed by atoms with Crippen LogP contribution in [-0.4, -0.2) is 30.5 Å². The van der Waals surface area contributed by atoms with Crippen molar-refractivity contribution in [3.63, 3.8) is 0 Å².